The van der Waals surface area contributed by atoms with E-state index in [0.717, 1.165) is 27.7 Å². The topological polar surface area (TPSA) is 73.4 Å². The number of benzene rings is 2. The molecule has 2 aromatic carbocycles. The molecule has 1 aliphatic rings. The van der Waals surface area contributed by atoms with E-state index < -0.39 is 11.9 Å². The summed E-state index contributed by atoms with van der Waals surface area (Å²) in [7, 11) is 0. The third-order valence-electron chi connectivity index (χ3n) is 5.71. The fraction of sp³-hybridized carbons (Fsp3) is 0.273. The summed E-state index contributed by atoms with van der Waals surface area (Å²) in [6.45, 7) is 4.70. The Balaban J connectivity index is 1.64. The lowest BCUT2D eigenvalue weighted by Crippen LogP contribution is -2.29. The summed E-state index contributed by atoms with van der Waals surface area (Å²) in [5.74, 6) is -1.74. The molecule has 0 aliphatic carbocycles. The van der Waals surface area contributed by atoms with Gasteiger partial charge in [-0.2, -0.15) is 0 Å². The number of carbonyl (C=O) groups excluding carboxylic acids is 1. The lowest BCUT2D eigenvalue weighted by atomic mass is 9.89. The Morgan fingerprint density at radius 2 is 1.81 bits per heavy atom. The van der Waals surface area contributed by atoms with Crippen molar-refractivity contribution >= 4 is 22.8 Å². The second kappa shape index (κ2) is 6.58. The van der Waals surface area contributed by atoms with Crippen LogP contribution in [0.1, 0.15) is 33.1 Å². The SMILES string of the molecule is Cc1[nH]c2ccc(C(=O)N3C[C@@H](C(=O)O)[C@H](c4ccccc4)C3)cc2c1C. The molecule has 2 atom stereocenters. The molecule has 1 aromatic heterocycles. The van der Waals surface area contributed by atoms with Gasteiger partial charge in [0.2, 0.25) is 0 Å². The number of likely N-dealkylation sites (tertiary alicyclic amines) is 1. The molecular formula is C22H22N2O3. The number of aliphatic carboxylic acids is 1. The second-order valence-corrected chi connectivity index (χ2v) is 7.31. The minimum absolute atomic E-state index is 0.111. The third-order valence-corrected chi connectivity index (χ3v) is 5.71. The maximum Gasteiger partial charge on any atom is 0.308 e. The molecule has 5 nitrogen and oxygen atoms in total. The first-order valence-electron chi connectivity index (χ1n) is 9.11. The zero-order chi connectivity index (χ0) is 19.1. The molecule has 1 amide bonds. The van der Waals surface area contributed by atoms with E-state index in [1.54, 1.807) is 4.90 Å². The fourth-order valence-corrected chi connectivity index (χ4v) is 4.03. The van der Waals surface area contributed by atoms with Crippen molar-refractivity contribution in [2.24, 2.45) is 5.92 Å². The Bertz CT molecular complexity index is 1020. The van der Waals surface area contributed by atoms with E-state index in [1.807, 2.05) is 62.4 Å². The summed E-state index contributed by atoms with van der Waals surface area (Å²) in [5, 5.41) is 10.7. The lowest BCUT2D eigenvalue weighted by molar-refractivity contribution is -0.141. The van der Waals surface area contributed by atoms with Crippen molar-refractivity contribution in [1.29, 1.82) is 0 Å². The Morgan fingerprint density at radius 3 is 2.52 bits per heavy atom. The highest BCUT2D eigenvalue weighted by Crippen LogP contribution is 2.34. The average molecular weight is 362 g/mol. The molecule has 0 spiro atoms. The first-order chi connectivity index (χ1) is 13.0. The van der Waals surface area contributed by atoms with Crippen molar-refractivity contribution in [3.8, 4) is 0 Å². The predicted octanol–water partition coefficient (Wildman–Crippen LogP) is 3.73. The molecule has 1 aliphatic heterocycles. The van der Waals surface area contributed by atoms with Gasteiger partial charge < -0.3 is 15.0 Å². The number of hydrogen-bond donors (Lipinski definition) is 2. The number of hydrogen-bond acceptors (Lipinski definition) is 2. The van der Waals surface area contributed by atoms with E-state index in [4.69, 9.17) is 0 Å². The van der Waals surface area contributed by atoms with Crippen LogP contribution < -0.4 is 0 Å². The number of amides is 1. The molecule has 27 heavy (non-hydrogen) atoms. The Labute approximate surface area is 157 Å². The minimum Gasteiger partial charge on any atom is -0.481 e. The van der Waals surface area contributed by atoms with Gasteiger partial charge in [-0.15, -0.1) is 0 Å². The van der Waals surface area contributed by atoms with E-state index in [2.05, 4.69) is 4.98 Å². The molecule has 138 valence electrons. The number of aromatic amines is 1. The number of aromatic nitrogens is 1. The molecule has 1 saturated heterocycles. The van der Waals surface area contributed by atoms with Gasteiger partial charge in [-0.25, -0.2) is 0 Å². The van der Waals surface area contributed by atoms with Crippen molar-refractivity contribution in [3.63, 3.8) is 0 Å². The zero-order valence-corrected chi connectivity index (χ0v) is 15.4. The minimum atomic E-state index is -0.855. The molecular weight excluding hydrogens is 340 g/mol. The third kappa shape index (κ3) is 2.99. The highest BCUT2D eigenvalue weighted by molar-refractivity contribution is 5.99. The number of carbonyl (C=O) groups is 2. The summed E-state index contributed by atoms with van der Waals surface area (Å²) in [6, 6.07) is 15.2. The second-order valence-electron chi connectivity index (χ2n) is 7.31. The van der Waals surface area contributed by atoms with E-state index in [-0.39, 0.29) is 18.4 Å². The summed E-state index contributed by atoms with van der Waals surface area (Å²) in [6.07, 6.45) is 0. The van der Waals surface area contributed by atoms with Crippen LogP contribution in [0, 0.1) is 19.8 Å². The first-order valence-corrected chi connectivity index (χ1v) is 9.11. The number of fused-ring (bicyclic) bond motifs is 1. The number of H-pyrrole nitrogens is 1. The monoisotopic (exact) mass is 362 g/mol. The van der Waals surface area contributed by atoms with Gasteiger partial charge in [0, 0.05) is 41.2 Å². The number of nitrogens with one attached hydrogen (secondary N) is 1. The molecule has 0 bridgehead atoms. The maximum absolute atomic E-state index is 13.1. The average Bonchev–Trinajstić information content (AvgIpc) is 3.24. The van der Waals surface area contributed by atoms with Gasteiger partial charge in [0.25, 0.3) is 5.91 Å². The van der Waals surface area contributed by atoms with Crippen LogP contribution in [0.15, 0.2) is 48.5 Å². The summed E-state index contributed by atoms with van der Waals surface area (Å²) in [5.41, 5.74) is 4.79. The first kappa shape index (κ1) is 17.3. The van der Waals surface area contributed by atoms with E-state index in [9.17, 15) is 14.7 Å². The Morgan fingerprint density at radius 1 is 1.07 bits per heavy atom. The zero-order valence-electron chi connectivity index (χ0n) is 15.4. The van der Waals surface area contributed by atoms with Crippen LogP contribution in [0.5, 0.6) is 0 Å². The highest BCUT2D eigenvalue weighted by atomic mass is 16.4. The smallest absolute Gasteiger partial charge is 0.308 e. The molecule has 5 heteroatoms. The molecule has 0 saturated carbocycles. The largest absolute Gasteiger partial charge is 0.481 e. The van der Waals surface area contributed by atoms with Gasteiger partial charge in [-0.3, -0.25) is 9.59 Å². The van der Waals surface area contributed by atoms with Crippen LogP contribution in [0.3, 0.4) is 0 Å². The number of carboxylic acids is 1. The van der Waals surface area contributed by atoms with Gasteiger partial charge in [0.15, 0.2) is 0 Å². The van der Waals surface area contributed by atoms with Crippen LogP contribution in [-0.4, -0.2) is 40.0 Å². The number of carboxylic acid groups (broad SMARTS) is 1. The molecule has 1 fully saturated rings. The van der Waals surface area contributed by atoms with E-state index in [0.29, 0.717) is 12.1 Å². The van der Waals surface area contributed by atoms with E-state index in [1.165, 1.54) is 0 Å². The van der Waals surface area contributed by atoms with E-state index >= 15 is 0 Å². The molecule has 2 heterocycles. The van der Waals surface area contributed by atoms with Gasteiger partial charge in [-0.1, -0.05) is 30.3 Å². The van der Waals surface area contributed by atoms with Crippen LogP contribution in [0.25, 0.3) is 10.9 Å². The number of aryl methyl sites for hydroxylation is 2. The lowest BCUT2D eigenvalue weighted by Gasteiger charge is -2.17. The number of nitrogens with zero attached hydrogens (tertiary/aromatic N) is 1. The van der Waals surface area contributed by atoms with Crippen LogP contribution >= 0.6 is 0 Å². The van der Waals surface area contributed by atoms with Crippen LogP contribution in [0.4, 0.5) is 0 Å². The molecule has 2 N–H and O–H groups in total. The summed E-state index contributed by atoms with van der Waals surface area (Å²) >= 11 is 0. The fourth-order valence-electron chi connectivity index (χ4n) is 4.03. The van der Waals surface area contributed by atoms with Gasteiger partial charge in [0.1, 0.15) is 0 Å². The van der Waals surface area contributed by atoms with Crippen molar-refractivity contribution in [2.45, 2.75) is 19.8 Å². The Hall–Kier alpha value is -3.08. The van der Waals surface area contributed by atoms with Crippen molar-refractivity contribution < 1.29 is 14.7 Å². The summed E-state index contributed by atoms with van der Waals surface area (Å²) < 4.78 is 0. The highest BCUT2D eigenvalue weighted by Gasteiger charge is 2.40. The van der Waals surface area contributed by atoms with Crippen molar-refractivity contribution in [1.82, 2.24) is 9.88 Å². The summed E-state index contributed by atoms with van der Waals surface area (Å²) in [4.78, 5) is 29.8. The van der Waals surface area contributed by atoms with Gasteiger partial charge in [0.05, 0.1) is 5.92 Å². The van der Waals surface area contributed by atoms with Gasteiger partial charge in [-0.05, 0) is 43.2 Å². The molecule has 3 aromatic rings. The molecule has 0 radical (unpaired) electrons. The van der Waals surface area contributed by atoms with Crippen LogP contribution in [0.2, 0.25) is 0 Å². The van der Waals surface area contributed by atoms with Gasteiger partial charge >= 0.3 is 5.97 Å². The molecule has 0 unspecified atom stereocenters. The maximum atomic E-state index is 13.1. The van der Waals surface area contributed by atoms with Crippen LogP contribution in [-0.2, 0) is 4.79 Å². The number of rotatable bonds is 3. The Kier molecular flexibility index (Phi) is 4.22. The predicted molar refractivity (Wildman–Crippen MR) is 104 cm³/mol. The molecule has 4 rings (SSSR count). The van der Waals surface area contributed by atoms with Crippen molar-refractivity contribution in [2.75, 3.05) is 13.1 Å². The standard InChI is InChI=1S/C22H22N2O3/c1-13-14(2)23-20-9-8-16(10-17(13)20)21(25)24-11-18(19(12-24)22(26)27)15-6-4-3-5-7-15/h3-10,18-19,23H,11-12H2,1-2H3,(H,26,27)/t18-,19+/m0/s1. The quantitative estimate of drug-likeness (QED) is 0.746. The van der Waals surface area contributed by atoms with Crippen molar-refractivity contribution in [3.05, 3.63) is 70.9 Å². The normalized spacial score (nSPS) is 19.6.